The van der Waals surface area contributed by atoms with E-state index >= 15 is 0 Å². The molecule has 0 radical (unpaired) electrons. The van der Waals surface area contributed by atoms with Gasteiger partial charge in [-0.3, -0.25) is 4.79 Å². The number of benzene rings is 1. The monoisotopic (exact) mass is 230 g/mol. The molecule has 0 amide bonds. The van der Waals surface area contributed by atoms with Crippen LogP contribution in [-0.2, 0) is 4.79 Å². The Bertz CT molecular complexity index is 343. The second kappa shape index (κ2) is 5.14. The van der Waals surface area contributed by atoms with E-state index in [9.17, 15) is 18.0 Å². The van der Waals surface area contributed by atoms with Crippen molar-refractivity contribution < 1.29 is 18.0 Å². The number of carbonyl (C=O) groups is 1. The lowest BCUT2D eigenvalue weighted by Gasteiger charge is -2.19. The average molecular weight is 230 g/mol. The van der Waals surface area contributed by atoms with E-state index in [0.29, 0.717) is 0 Å². The number of hydrogen-bond acceptors (Lipinski definition) is 1. The van der Waals surface area contributed by atoms with Crippen molar-refractivity contribution in [1.29, 1.82) is 0 Å². The fourth-order valence-electron chi connectivity index (χ4n) is 1.48. The summed E-state index contributed by atoms with van der Waals surface area (Å²) in [5.41, 5.74) is 0.150. The van der Waals surface area contributed by atoms with Crippen molar-refractivity contribution in [3.8, 4) is 0 Å². The van der Waals surface area contributed by atoms with E-state index < -0.39 is 18.5 Å². The summed E-state index contributed by atoms with van der Waals surface area (Å²) in [6.45, 7) is 1.57. The van der Waals surface area contributed by atoms with Crippen molar-refractivity contribution in [2.45, 2.75) is 31.9 Å². The van der Waals surface area contributed by atoms with Crippen molar-refractivity contribution in [3.63, 3.8) is 0 Å². The third kappa shape index (κ3) is 3.36. The minimum Gasteiger partial charge on any atom is -0.300 e. The summed E-state index contributed by atoms with van der Waals surface area (Å²) in [5, 5.41) is 0. The summed E-state index contributed by atoms with van der Waals surface area (Å²) >= 11 is 0. The van der Waals surface area contributed by atoms with Crippen molar-refractivity contribution in [2.24, 2.45) is 0 Å². The van der Waals surface area contributed by atoms with Crippen LogP contribution in [0.4, 0.5) is 13.2 Å². The lowest BCUT2D eigenvalue weighted by atomic mass is 9.92. The fourth-order valence-corrected chi connectivity index (χ4v) is 1.48. The van der Waals surface area contributed by atoms with Crippen molar-refractivity contribution in [3.05, 3.63) is 35.9 Å². The maximum absolute atomic E-state index is 12.8. The molecule has 1 aromatic rings. The molecule has 0 saturated heterocycles. The number of alkyl halides is 3. The van der Waals surface area contributed by atoms with Gasteiger partial charge in [0.1, 0.15) is 5.78 Å². The molecule has 0 saturated carbocycles. The number of hydrogen-bond donors (Lipinski definition) is 0. The quantitative estimate of drug-likeness (QED) is 0.770. The molecule has 1 atom stereocenters. The molecule has 1 rings (SSSR count). The van der Waals surface area contributed by atoms with Gasteiger partial charge in [-0.2, -0.15) is 13.2 Å². The first-order valence-corrected chi connectivity index (χ1v) is 5.08. The van der Waals surface area contributed by atoms with Crippen LogP contribution in [0, 0.1) is 0 Å². The van der Waals surface area contributed by atoms with Crippen molar-refractivity contribution >= 4 is 5.78 Å². The smallest absolute Gasteiger partial charge is 0.300 e. The Kier molecular flexibility index (Phi) is 4.10. The van der Waals surface area contributed by atoms with Crippen LogP contribution < -0.4 is 0 Å². The van der Waals surface area contributed by atoms with Crippen LogP contribution in [-0.4, -0.2) is 12.0 Å². The van der Waals surface area contributed by atoms with Gasteiger partial charge in [0.05, 0.1) is 5.92 Å². The van der Waals surface area contributed by atoms with Crippen LogP contribution in [0.25, 0.3) is 0 Å². The van der Waals surface area contributed by atoms with Gasteiger partial charge in [-0.15, -0.1) is 0 Å². The standard InChI is InChI=1S/C12H13F3O/c1-2-10(16)8-11(12(13,14)15)9-6-4-3-5-7-9/h3-7,11H,2,8H2,1H3/t11-/m0/s1. The van der Waals surface area contributed by atoms with E-state index in [0.717, 1.165) is 0 Å². The Morgan fingerprint density at radius 2 is 1.81 bits per heavy atom. The normalized spacial score (nSPS) is 13.5. The summed E-state index contributed by atoms with van der Waals surface area (Å²) in [6, 6.07) is 7.55. The third-order valence-electron chi connectivity index (χ3n) is 2.42. The lowest BCUT2D eigenvalue weighted by molar-refractivity contribution is -0.156. The predicted octanol–water partition coefficient (Wildman–Crippen LogP) is 3.70. The van der Waals surface area contributed by atoms with Crippen LogP contribution in [0.2, 0.25) is 0 Å². The van der Waals surface area contributed by atoms with Gasteiger partial charge in [0.2, 0.25) is 0 Å². The van der Waals surface area contributed by atoms with E-state index in [4.69, 9.17) is 0 Å². The van der Waals surface area contributed by atoms with Gasteiger partial charge in [0, 0.05) is 12.8 Å². The molecule has 0 spiro atoms. The molecule has 0 unspecified atom stereocenters. The molecule has 0 heterocycles. The highest BCUT2D eigenvalue weighted by molar-refractivity contribution is 5.79. The molecule has 0 aliphatic rings. The molecule has 0 N–H and O–H groups in total. The molecule has 16 heavy (non-hydrogen) atoms. The minimum atomic E-state index is -4.37. The molecular formula is C12H13F3O. The summed E-state index contributed by atoms with van der Waals surface area (Å²) < 4.78 is 38.3. The summed E-state index contributed by atoms with van der Waals surface area (Å²) in [7, 11) is 0. The zero-order chi connectivity index (χ0) is 12.2. The Hall–Kier alpha value is -1.32. The Morgan fingerprint density at radius 1 is 1.25 bits per heavy atom. The molecule has 0 fully saturated rings. The topological polar surface area (TPSA) is 17.1 Å². The molecular weight excluding hydrogens is 217 g/mol. The maximum Gasteiger partial charge on any atom is 0.396 e. The first-order valence-electron chi connectivity index (χ1n) is 5.08. The second-order valence-electron chi connectivity index (χ2n) is 3.60. The Labute approximate surface area is 92.3 Å². The highest BCUT2D eigenvalue weighted by Gasteiger charge is 2.41. The van der Waals surface area contributed by atoms with Crippen LogP contribution in [0.1, 0.15) is 31.2 Å². The van der Waals surface area contributed by atoms with Crippen LogP contribution in [0.5, 0.6) is 0 Å². The molecule has 4 heteroatoms. The first kappa shape index (κ1) is 12.7. The molecule has 0 bridgehead atoms. The average Bonchev–Trinajstić information content (AvgIpc) is 2.25. The first-order chi connectivity index (χ1) is 7.45. The van der Waals surface area contributed by atoms with Crippen molar-refractivity contribution in [2.75, 3.05) is 0 Å². The summed E-state index contributed by atoms with van der Waals surface area (Å²) in [6.07, 6.45) is -4.70. The summed E-state index contributed by atoms with van der Waals surface area (Å²) in [4.78, 5) is 11.1. The van der Waals surface area contributed by atoms with Gasteiger partial charge in [0.15, 0.2) is 0 Å². The number of Topliss-reactive ketones (excluding diaryl/α,β-unsaturated/α-hetero) is 1. The fraction of sp³-hybridized carbons (Fsp3) is 0.417. The summed E-state index contributed by atoms with van der Waals surface area (Å²) in [5.74, 6) is -2.05. The molecule has 1 nitrogen and oxygen atoms in total. The number of halogens is 3. The van der Waals surface area contributed by atoms with Gasteiger partial charge < -0.3 is 0 Å². The SMILES string of the molecule is CCC(=O)C[C@@H](c1ccccc1)C(F)(F)F. The predicted molar refractivity (Wildman–Crippen MR) is 55.2 cm³/mol. The van der Waals surface area contributed by atoms with Gasteiger partial charge in [-0.1, -0.05) is 37.3 Å². The minimum absolute atomic E-state index is 0.138. The van der Waals surface area contributed by atoms with Crippen LogP contribution >= 0.6 is 0 Å². The zero-order valence-corrected chi connectivity index (χ0v) is 8.92. The lowest BCUT2D eigenvalue weighted by Crippen LogP contribution is -2.23. The molecule has 0 aromatic heterocycles. The van der Waals surface area contributed by atoms with Gasteiger partial charge in [0.25, 0.3) is 0 Å². The van der Waals surface area contributed by atoms with Gasteiger partial charge in [-0.05, 0) is 5.56 Å². The zero-order valence-electron chi connectivity index (χ0n) is 8.92. The Balaban J connectivity index is 2.93. The number of carbonyl (C=O) groups excluding carboxylic acids is 1. The van der Waals surface area contributed by atoms with E-state index in [1.165, 1.54) is 12.1 Å². The largest absolute Gasteiger partial charge is 0.396 e. The number of rotatable bonds is 4. The maximum atomic E-state index is 12.8. The van der Waals surface area contributed by atoms with Gasteiger partial charge >= 0.3 is 6.18 Å². The molecule has 1 aromatic carbocycles. The van der Waals surface area contributed by atoms with E-state index in [1.54, 1.807) is 25.1 Å². The van der Waals surface area contributed by atoms with Crippen LogP contribution in [0.15, 0.2) is 30.3 Å². The van der Waals surface area contributed by atoms with E-state index in [1.807, 2.05) is 0 Å². The second-order valence-corrected chi connectivity index (χ2v) is 3.60. The highest BCUT2D eigenvalue weighted by Crippen LogP contribution is 2.37. The van der Waals surface area contributed by atoms with E-state index in [2.05, 4.69) is 0 Å². The van der Waals surface area contributed by atoms with E-state index in [-0.39, 0.29) is 17.8 Å². The van der Waals surface area contributed by atoms with Gasteiger partial charge in [-0.25, -0.2) is 0 Å². The third-order valence-corrected chi connectivity index (χ3v) is 2.42. The highest BCUT2D eigenvalue weighted by atomic mass is 19.4. The van der Waals surface area contributed by atoms with Crippen molar-refractivity contribution in [1.82, 2.24) is 0 Å². The molecule has 88 valence electrons. The Morgan fingerprint density at radius 3 is 2.25 bits per heavy atom. The molecule has 0 aliphatic heterocycles. The molecule has 0 aliphatic carbocycles. The van der Waals surface area contributed by atoms with Crippen LogP contribution in [0.3, 0.4) is 0 Å². The number of ketones is 1.